The van der Waals surface area contributed by atoms with Gasteiger partial charge in [0.1, 0.15) is 0 Å². The lowest BCUT2D eigenvalue weighted by Crippen LogP contribution is -2.28. The Kier molecular flexibility index (Phi) is 5.19. The van der Waals surface area contributed by atoms with Crippen molar-refractivity contribution in [1.29, 1.82) is 0 Å². The van der Waals surface area contributed by atoms with Crippen LogP contribution in [-0.2, 0) is 4.79 Å². The first-order valence-corrected chi connectivity index (χ1v) is 7.87. The molecule has 1 amide bonds. The minimum atomic E-state index is 0. The fourth-order valence-corrected chi connectivity index (χ4v) is 3.83. The molecule has 0 saturated heterocycles. The second kappa shape index (κ2) is 6.73. The Balaban J connectivity index is 0.00000161. The van der Waals surface area contributed by atoms with Gasteiger partial charge in [-0.05, 0) is 37.3 Å². The molecule has 3 N–H and O–H groups in total. The molecule has 1 heterocycles. The van der Waals surface area contributed by atoms with E-state index in [1.54, 1.807) is 0 Å². The summed E-state index contributed by atoms with van der Waals surface area (Å²) in [5.41, 5.74) is 8.12. The van der Waals surface area contributed by atoms with Gasteiger partial charge in [0.25, 0.3) is 0 Å². The van der Waals surface area contributed by atoms with Crippen LogP contribution in [0.3, 0.4) is 0 Å². The van der Waals surface area contributed by atoms with Crippen LogP contribution in [0.4, 0.5) is 5.13 Å². The number of hydrogen-bond donors (Lipinski definition) is 2. The van der Waals surface area contributed by atoms with Gasteiger partial charge in [-0.3, -0.25) is 4.79 Å². The zero-order valence-corrected chi connectivity index (χ0v) is 13.6. The number of halogens is 1. The fourth-order valence-electron chi connectivity index (χ4n) is 2.87. The maximum atomic E-state index is 12.1. The average Bonchev–Trinajstić information content (AvgIpc) is 2.97. The molecular formula is C15H20ClN3OS. The van der Waals surface area contributed by atoms with Crippen molar-refractivity contribution in [3.05, 3.63) is 23.8 Å². The van der Waals surface area contributed by atoms with Crippen LogP contribution >= 0.6 is 23.7 Å². The van der Waals surface area contributed by atoms with Crippen molar-refractivity contribution in [1.82, 2.24) is 4.98 Å². The summed E-state index contributed by atoms with van der Waals surface area (Å²) in [6, 6.07) is 6.26. The first-order chi connectivity index (χ1) is 9.63. The molecule has 114 valence electrons. The van der Waals surface area contributed by atoms with Gasteiger partial charge in [0.2, 0.25) is 5.91 Å². The average molecular weight is 326 g/mol. The Bertz CT molecular complexity index is 643. The van der Waals surface area contributed by atoms with E-state index < -0.39 is 0 Å². The van der Waals surface area contributed by atoms with Crippen molar-refractivity contribution in [3.8, 4) is 0 Å². The van der Waals surface area contributed by atoms with Crippen LogP contribution in [0.5, 0.6) is 0 Å². The van der Waals surface area contributed by atoms with E-state index in [4.69, 9.17) is 5.73 Å². The molecule has 3 rings (SSSR count). The Hall–Kier alpha value is -1.17. The molecule has 2 atom stereocenters. The van der Waals surface area contributed by atoms with Gasteiger partial charge in [0.05, 0.1) is 10.2 Å². The number of benzene rings is 1. The normalized spacial score (nSPS) is 21.2. The number of nitrogens with one attached hydrogen (secondary N) is 1. The highest BCUT2D eigenvalue weighted by Gasteiger charge is 2.26. The van der Waals surface area contributed by atoms with Crippen LogP contribution in [0, 0.1) is 12.8 Å². The zero-order chi connectivity index (χ0) is 14.1. The largest absolute Gasteiger partial charge is 0.327 e. The monoisotopic (exact) mass is 325 g/mol. The number of carbonyl (C=O) groups excluding carboxylic acids is 1. The molecular weight excluding hydrogens is 306 g/mol. The van der Waals surface area contributed by atoms with Crippen molar-refractivity contribution in [2.45, 2.75) is 38.6 Å². The number of aryl methyl sites for hydroxylation is 1. The van der Waals surface area contributed by atoms with E-state index in [1.807, 2.05) is 25.1 Å². The van der Waals surface area contributed by atoms with Crippen LogP contribution in [-0.4, -0.2) is 16.9 Å². The van der Waals surface area contributed by atoms with Gasteiger partial charge in [0, 0.05) is 12.5 Å². The summed E-state index contributed by atoms with van der Waals surface area (Å²) in [6.07, 6.45) is 3.75. The summed E-state index contributed by atoms with van der Waals surface area (Å²) in [6.45, 7) is 2.03. The number of rotatable bonds is 3. The number of nitrogens with zero attached hydrogens (tertiary/aromatic N) is 1. The van der Waals surface area contributed by atoms with E-state index >= 15 is 0 Å². The lowest BCUT2D eigenvalue weighted by molar-refractivity contribution is -0.117. The van der Waals surface area contributed by atoms with Crippen LogP contribution < -0.4 is 11.1 Å². The van der Waals surface area contributed by atoms with E-state index in [0.717, 1.165) is 35.0 Å². The van der Waals surface area contributed by atoms with Crippen LogP contribution in [0.15, 0.2) is 18.2 Å². The van der Waals surface area contributed by atoms with Crippen LogP contribution in [0.1, 0.15) is 31.2 Å². The molecule has 0 unspecified atom stereocenters. The second-order valence-corrected chi connectivity index (χ2v) is 6.58. The Morgan fingerprint density at radius 2 is 2.29 bits per heavy atom. The molecule has 1 aliphatic rings. The molecule has 4 nitrogen and oxygen atoms in total. The molecule has 1 saturated carbocycles. The standard InChI is InChI=1S/C15H19N3OS.ClH/c1-9-4-2-7-12-14(9)18-15(20-12)17-13(19)8-10-5-3-6-11(10)16;/h2,4,7,10-11H,3,5-6,8,16H2,1H3,(H,17,18,19);1H/t10-,11+;/m0./s1. The second-order valence-electron chi connectivity index (χ2n) is 5.55. The van der Waals surface area contributed by atoms with Crippen molar-refractivity contribution >= 4 is 45.0 Å². The third-order valence-electron chi connectivity index (χ3n) is 4.03. The van der Waals surface area contributed by atoms with Gasteiger partial charge in [-0.1, -0.05) is 29.9 Å². The van der Waals surface area contributed by atoms with E-state index in [2.05, 4.69) is 10.3 Å². The summed E-state index contributed by atoms with van der Waals surface area (Å²) in [7, 11) is 0. The molecule has 21 heavy (non-hydrogen) atoms. The first kappa shape index (κ1) is 16.2. The topological polar surface area (TPSA) is 68.0 Å². The highest BCUT2D eigenvalue weighted by molar-refractivity contribution is 7.22. The van der Waals surface area contributed by atoms with Gasteiger partial charge in [-0.15, -0.1) is 12.4 Å². The van der Waals surface area contributed by atoms with Gasteiger partial charge >= 0.3 is 0 Å². The quantitative estimate of drug-likeness (QED) is 0.907. The summed E-state index contributed by atoms with van der Waals surface area (Å²) < 4.78 is 1.11. The maximum absolute atomic E-state index is 12.1. The Morgan fingerprint density at radius 1 is 1.48 bits per heavy atom. The molecule has 0 aliphatic heterocycles. The summed E-state index contributed by atoms with van der Waals surface area (Å²) in [5, 5.41) is 3.60. The molecule has 2 aromatic rings. The lowest BCUT2D eigenvalue weighted by atomic mass is 10.00. The summed E-state index contributed by atoms with van der Waals surface area (Å²) in [5.74, 6) is 0.357. The van der Waals surface area contributed by atoms with Crippen molar-refractivity contribution in [2.24, 2.45) is 11.7 Å². The number of thiazole rings is 1. The summed E-state index contributed by atoms with van der Waals surface area (Å²) >= 11 is 1.52. The lowest BCUT2D eigenvalue weighted by Gasteiger charge is -2.13. The van der Waals surface area contributed by atoms with Crippen molar-refractivity contribution in [2.75, 3.05) is 5.32 Å². The van der Waals surface area contributed by atoms with Crippen LogP contribution in [0.2, 0.25) is 0 Å². The van der Waals surface area contributed by atoms with Gasteiger partial charge in [-0.2, -0.15) is 0 Å². The van der Waals surface area contributed by atoms with Crippen LogP contribution in [0.25, 0.3) is 10.2 Å². The predicted octanol–water partition coefficient (Wildman–Crippen LogP) is 3.48. The molecule has 1 aromatic carbocycles. The summed E-state index contributed by atoms with van der Waals surface area (Å²) in [4.78, 5) is 16.6. The van der Waals surface area contributed by atoms with Gasteiger partial charge in [-0.25, -0.2) is 4.98 Å². The number of anilines is 1. The third-order valence-corrected chi connectivity index (χ3v) is 4.97. The molecule has 6 heteroatoms. The smallest absolute Gasteiger partial charge is 0.226 e. The van der Waals surface area contributed by atoms with Gasteiger partial charge < -0.3 is 11.1 Å². The Morgan fingerprint density at radius 3 is 2.95 bits per heavy atom. The number of aromatic nitrogens is 1. The predicted molar refractivity (Wildman–Crippen MR) is 90.2 cm³/mol. The number of carbonyl (C=O) groups is 1. The Labute approximate surface area is 134 Å². The molecule has 0 bridgehead atoms. The molecule has 1 aromatic heterocycles. The van der Waals surface area contributed by atoms with E-state index in [1.165, 1.54) is 11.3 Å². The van der Waals surface area contributed by atoms with Crippen molar-refractivity contribution in [3.63, 3.8) is 0 Å². The number of nitrogens with two attached hydrogens (primary N) is 1. The van der Waals surface area contributed by atoms with E-state index in [0.29, 0.717) is 17.5 Å². The fraction of sp³-hybridized carbons (Fsp3) is 0.467. The first-order valence-electron chi connectivity index (χ1n) is 7.05. The molecule has 1 fully saturated rings. The van der Waals surface area contributed by atoms with Crippen molar-refractivity contribution < 1.29 is 4.79 Å². The zero-order valence-electron chi connectivity index (χ0n) is 12.0. The molecule has 0 spiro atoms. The minimum Gasteiger partial charge on any atom is -0.327 e. The minimum absolute atomic E-state index is 0. The van der Waals surface area contributed by atoms with Gasteiger partial charge in [0.15, 0.2) is 5.13 Å². The maximum Gasteiger partial charge on any atom is 0.226 e. The highest BCUT2D eigenvalue weighted by atomic mass is 35.5. The number of para-hydroxylation sites is 1. The molecule has 0 radical (unpaired) electrons. The van der Waals surface area contributed by atoms with E-state index in [9.17, 15) is 4.79 Å². The number of fused-ring (bicyclic) bond motifs is 1. The highest BCUT2D eigenvalue weighted by Crippen LogP contribution is 2.30. The number of hydrogen-bond acceptors (Lipinski definition) is 4. The SMILES string of the molecule is Cc1cccc2sc(NC(=O)C[C@@H]3CCC[C@H]3N)nc12.Cl. The number of amides is 1. The third kappa shape index (κ3) is 3.54. The molecule has 1 aliphatic carbocycles. The van der Waals surface area contributed by atoms with E-state index in [-0.39, 0.29) is 24.4 Å².